The highest BCUT2D eigenvalue weighted by Gasteiger charge is 2.09. The minimum atomic E-state index is -0.0681. The van der Waals surface area contributed by atoms with Crippen molar-refractivity contribution in [1.29, 1.82) is 0 Å². The van der Waals surface area contributed by atoms with Crippen LogP contribution in [0.25, 0.3) is 0 Å². The van der Waals surface area contributed by atoms with E-state index in [1.165, 1.54) is 6.33 Å². The van der Waals surface area contributed by atoms with Gasteiger partial charge in [0.05, 0.1) is 17.9 Å². The van der Waals surface area contributed by atoms with Gasteiger partial charge >= 0.3 is 0 Å². The van der Waals surface area contributed by atoms with Crippen LogP contribution in [0.2, 0.25) is 0 Å². The van der Waals surface area contributed by atoms with Crippen molar-refractivity contribution in [3.63, 3.8) is 0 Å². The normalized spacial score (nSPS) is 12.9. The Kier molecular flexibility index (Phi) is 2.72. The number of hydrogen-bond donors (Lipinski definition) is 1. The smallest absolute Gasteiger partial charge is 0.248 e. The van der Waals surface area contributed by atoms with Crippen LogP contribution in [-0.4, -0.2) is 25.1 Å². The second kappa shape index (κ2) is 4.18. The summed E-state index contributed by atoms with van der Waals surface area (Å²) in [5.41, 5.74) is 6.59. The third kappa shape index (κ3) is 2.18. The van der Waals surface area contributed by atoms with E-state index in [9.17, 15) is 0 Å². The fourth-order valence-corrected chi connectivity index (χ4v) is 1.17. The third-order valence-corrected chi connectivity index (χ3v) is 2.08. The molecule has 0 amide bonds. The molecule has 1 atom stereocenters. The second-order valence-electron chi connectivity index (χ2n) is 3.19. The summed E-state index contributed by atoms with van der Waals surface area (Å²) in [7, 11) is 0. The first-order valence-corrected chi connectivity index (χ1v) is 4.70. The van der Waals surface area contributed by atoms with Gasteiger partial charge in [-0.15, -0.1) is 5.10 Å². The molecule has 0 saturated heterocycles. The summed E-state index contributed by atoms with van der Waals surface area (Å²) >= 11 is 0. The molecule has 0 aliphatic rings. The van der Waals surface area contributed by atoms with Crippen LogP contribution in [0.3, 0.4) is 0 Å². The maximum Gasteiger partial charge on any atom is 0.248 e. The Morgan fingerprint density at radius 2 is 2.47 bits per heavy atom. The average Bonchev–Trinajstić information content (AvgIpc) is 2.88. The zero-order chi connectivity index (χ0) is 10.7. The molecule has 0 aromatic carbocycles. The fraction of sp³-hybridized carbons (Fsp3) is 0.500. The summed E-state index contributed by atoms with van der Waals surface area (Å²) in [4.78, 5) is 3.89. The predicted octanol–water partition coefficient (Wildman–Crippen LogP) is 0.119. The average molecular weight is 208 g/mol. The van der Waals surface area contributed by atoms with E-state index in [1.807, 2.05) is 6.92 Å². The van der Waals surface area contributed by atoms with Gasteiger partial charge in [-0.3, -0.25) is 0 Å². The van der Waals surface area contributed by atoms with Gasteiger partial charge in [-0.05, 0) is 6.42 Å². The van der Waals surface area contributed by atoms with Crippen molar-refractivity contribution < 1.29 is 4.52 Å². The van der Waals surface area contributed by atoms with Crippen molar-refractivity contribution in [3.05, 3.63) is 24.1 Å². The van der Waals surface area contributed by atoms with Gasteiger partial charge in [0.15, 0.2) is 6.33 Å². The Labute approximate surface area is 86.3 Å². The van der Waals surface area contributed by atoms with Gasteiger partial charge in [-0.2, -0.15) is 4.98 Å². The van der Waals surface area contributed by atoms with Crippen molar-refractivity contribution in [2.75, 3.05) is 0 Å². The van der Waals surface area contributed by atoms with Crippen LogP contribution in [0.1, 0.15) is 31.0 Å². The topological polar surface area (TPSA) is 95.7 Å². The molecule has 2 aromatic rings. The molecule has 0 aliphatic carbocycles. The number of hydrogen-bond acceptors (Lipinski definition) is 6. The minimum Gasteiger partial charge on any atom is -0.338 e. The molecule has 2 aromatic heterocycles. The summed E-state index contributed by atoms with van der Waals surface area (Å²) in [6.45, 7) is 2.42. The van der Waals surface area contributed by atoms with Crippen LogP contribution in [0.5, 0.6) is 0 Å². The summed E-state index contributed by atoms with van der Waals surface area (Å²) < 4.78 is 6.48. The molecule has 15 heavy (non-hydrogen) atoms. The number of nitrogens with zero attached hydrogens (tertiary/aromatic N) is 5. The Hall–Kier alpha value is -1.76. The Morgan fingerprint density at radius 3 is 3.13 bits per heavy atom. The molecule has 7 heteroatoms. The molecule has 2 N–H and O–H groups in total. The first-order valence-electron chi connectivity index (χ1n) is 4.70. The summed E-state index contributed by atoms with van der Waals surface area (Å²) in [5, 5.41) is 11.4. The largest absolute Gasteiger partial charge is 0.338 e. The Bertz CT molecular complexity index is 408. The Balaban J connectivity index is 2.07. The molecule has 0 spiro atoms. The van der Waals surface area contributed by atoms with Gasteiger partial charge < -0.3 is 10.3 Å². The molecular weight excluding hydrogens is 196 g/mol. The van der Waals surface area contributed by atoms with E-state index in [2.05, 4.69) is 20.5 Å². The van der Waals surface area contributed by atoms with Crippen molar-refractivity contribution in [2.45, 2.75) is 25.9 Å². The van der Waals surface area contributed by atoms with Crippen LogP contribution in [0.15, 0.2) is 17.0 Å². The lowest BCUT2D eigenvalue weighted by atomic mass is 10.2. The number of rotatable bonds is 4. The lowest BCUT2D eigenvalue weighted by Crippen LogP contribution is -2.08. The maximum atomic E-state index is 5.81. The summed E-state index contributed by atoms with van der Waals surface area (Å²) in [6.07, 6.45) is 3.97. The van der Waals surface area contributed by atoms with Gasteiger partial charge in [-0.1, -0.05) is 17.3 Å². The van der Waals surface area contributed by atoms with Gasteiger partial charge in [0, 0.05) is 0 Å². The third-order valence-electron chi connectivity index (χ3n) is 2.08. The van der Waals surface area contributed by atoms with E-state index < -0.39 is 0 Å². The SMILES string of the molecule is CCC(N)c1cn(Cc2ncno2)nn1. The van der Waals surface area contributed by atoms with Crippen LogP contribution in [0, 0.1) is 0 Å². The van der Waals surface area contributed by atoms with E-state index in [1.54, 1.807) is 10.9 Å². The summed E-state index contributed by atoms with van der Waals surface area (Å²) in [5.74, 6) is 0.497. The van der Waals surface area contributed by atoms with Crippen LogP contribution in [0.4, 0.5) is 0 Å². The molecule has 1 unspecified atom stereocenters. The predicted molar refractivity (Wildman–Crippen MR) is 50.6 cm³/mol. The zero-order valence-electron chi connectivity index (χ0n) is 8.37. The molecular formula is C8H12N6O. The van der Waals surface area contributed by atoms with Gasteiger partial charge in [0.1, 0.15) is 6.54 Å². The first kappa shape index (κ1) is 9.78. The van der Waals surface area contributed by atoms with E-state index in [-0.39, 0.29) is 6.04 Å². The molecule has 80 valence electrons. The van der Waals surface area contributed by atoms with Crippen molar-refractivity contribution in [3.8, 4) is 0 Å². The van der Waals surface area contributed by atoms with Crippen LogP contribution >= 0.6 is 0 Å². The number of nitrogens with two attached hydrogens (primary N) is 1. The van der Waals surface area contributed by atoms with Gasteiger partial charge in [-0.25, -0.2) is 4.68 Å². The molecule has 2 rings (SSSR count). The van der Waals surface area contributed by atoms with E-state index in [0.29, 0.717) is 12.4 Å². The van der Waals surface area contributed by atoms with E-state index in [4.69, 9.17) is 10.3 Å². The van der Waals surface area contributed by atoms with Crippen molar-refractivity contribution >= 4 is 0 Å². The van der Waals surface area contributed by atoms with E-state index in [0.717, 1.165) is 12.1 Å². The van der Waals surface area contributed by atoms with Crippen LogP contribution in [-0.2, 0) is 6.54 Å². The lowest BCUT2D eigenvalue weighted by Gasteiger charge is -2.01. The van der Waals surface area contributed by atoms with Crippen molar-refractivity contribution in [2.24, 2.45) is 5.73 Å². The highest BCUT2D eigenvalue weighted by atomic mass is 16.5. The zero-order valence-corrected chi connectivity index (χ0v) is 8.37. The standard InChI is InChI=1S/C8H12N6O/c1-2-6(9)7-3-14(13-12-7)4-8-10-5-11-15-8/h3,5-6H,2,4,9H2,1H3. The highest BCUT2D eigenvalue weighted by molar-refractivity contribution is 4.99. The molecule has 2 heterocycles. The maximum absolute atomic E-state index is 5.81. The molecule has 0 bridgehead atoms. The molecule has 0 saturated carbocycles. The van der Waals surface area contributed by atoms with Gasteiger partial charge in [0.25, 0.3) is 0 Å². The van der Waals surface area contributed by atoms with Gasteiger partial charge in [0.2, 0.25) is 5.89 Å². The minimum absolute atomic E-state index is 0.0681. The van der Waals surface area contributed by atoms with Crippen molar-refractivity contribution in [1.82, 2.24) is 25.1 Å². The molecule has 0 aliphatic heterocycles. The second-order valence-corrected chi connectivity index (χ2v) is 3.19. The quantitative estimate of drug-likeness (QED) is 0.766. The summed E-state index contributed by atoms with van der Waals surface area (Å²) in [6, 6.07) is -0.0681. The first-order chi connectivity index (χ1) is 7.29. The molecule has 0 radical (unpaired) electrons. The van der Waals surface area contributed by atoms with Crippen LogP contribution < -0.4 is 5.73 Å². The molecule has 7 nitrogen and oxygen atoms in total. The highest BCUT2D eigenvalue weighted by Crippen LogP contribution is 2.09. The molecule has 0 fully saturated rings. The monoisotopic (exact) mass is 208 g/mol. The Morgan fingerprint density at radius 1 is 1.60 bits per heavy atom. The van der Waals surface area contributed by atoms with E-state index >= 15 is 0 Å². The number of aromatic nitrogens is 5. The lowest BCUT2D eigenvalue weighted by molar-refractivity contribution is 0.363. The fourth-order valence-electron chi connectivity index (χ4n) is 1.17.